The first-order chi connectivity index (χ1) is 9.69. The van der Waals surface area contributed by atoms with E-state index in [1.807, 2.05) is 30.5 Å². The first-order valence-corrected chi connectivity index (χ1v) is 7.75. The molecular weight excluding hydrogens is 271 g/mol. The van der Waals surface area contributed by atoms with Crippen LogP contribution in [-0.4, -0.2) is 13.6 Å². The predicted molar refractivity (Wildman–Crippen MR) is 84.8 cm³/mol. The lowest BCUT2D eigenvalue weighted by atomic mass is 10.3. The first kappa shape index (κ1) is 15.0. The number of nitrogens with zero attached hydrogens (tertiary/aromatic N) is 1. The average molecular weight is 292 g/mol. The summed E-state index contributed by atoms with van der Waals surface area (Å²) in [6.45, 7) is 5.02. The second-order valence-electron chi connectivity index (χ2n) is 4.88. The van der Waals surface area contributed by atoms with Crippen LogP contribution in [0.1, 0.15) is 23.1 Å². The summed E-state index contributed by atoms with van der Waals surface area (Å²) >= 11 is 1.83. The number of benzene rings is 1. The highest BCUT2D eigenvalue weighted by Gasteiger charge is 2.05. The van der Waals surface area contributed by atoms with Crippen LogP contribution < -0.4 is 10.2 Å². The van der Waals surface area contributed by atoms with Crippen molar-refractivity contribution in [2.45, 2.75) is 26.4 Å². The van der Waals surface area contributed by atoms with Crippen LogP contribution in [0.25, 0.3) is 0 Å². The van der Waals surface area contributed by atoms with Gasteiger partial charge in [0.05, 0.1) is 6.54 Å². The van der Waals surface area contributed by atoms with Crippen molar-refractivity contribution in [3.63, 3.8) is 0 Å². The molecule has 4 heteroatoms. The Morgan fingerprint density at radius 3 is 2.50 bits per heavy atom. The van der Waals surface area contributed by atoms with E-state index in [0.717, 1.165) is 31.7 Å². The van der Waals surface area contributed by atoms with Crippen molar-refractivity contribution >= 4 is 17.0 Å². The molecule has 2 aromatic rings. The monoisotopic (exact) mass is 292 g/mol. The van der Waals surface area contributed by atoms with Gasteiger partial charge in [-0.3, -0.25) is 0 Å². The molecule has 1 N–H and O–H groups in total. The number of anilines is 1. The summed E-state index contributed by atoms with van der Waals surface area (Å²) in [5.74, 6) is -0.192. The average Bonchev–Trinajstić information content (AvgIpc) is 2.87. The topological polar surface area (TPSA) is 15.3 Å². The van der Waals surface area contributed by atoms with E-state index in [1.165, 1.54) is 21.9 Å². The van der Waals surface area contributed by atoms with Crippen molar-refractivity contribution in [3.8, 4) is 0 Å². The minimum atomic E-state index is -0.192. The van der Waals surface area contributed by atoms with Gasteiger partial charge in [-0.2, -0.15) is 0 Å². The number of nitrogens with one attached hydrogen (secondary N) is 1. The molecule has 0 spiro atoms. The summed E-state index contributed by atoms with van der Waals surface area (Å²) in [6.07, 6.45) is 1.16. The maximum Gasteiger partial charge on any atom is 0.123 e. The van der Waals surface area contributed by atoms with E-state index in [2.05, 4.69) is 29.3 Å². The number of hydrogen-bond acceptors (Lipinski definition) is 3. The van der Waals surface area contributed by atoms with Gasteiger partial charge in [0.15, 0.2) is 0 Å². The van der Waals surface area contributed by atoms with Crippen LogP contribution in [0, 0.1) is 5.82 Å². The molecule has 0 bridgehead atoms. The molecule has 0 saturated heterocycles. The number of thiophene rings is 1. The van der Waals surface area contributed by atoms with Crippen LogP contribution in [-0.2, 0) is 13.1 Å². The van der Waals surface area contributed by atoms with Crippen molar-refractivity contribution in [2.24, 2.45) is 0 Å². The summed E-state index contributed by atoms with van der Waals surface area (Å²) in [4.78, 5) is 4.82. The fourth-order valence-electron chi connectivity index (χ4n) is 2.01. The highest BCUT2D eigenvalue weighted by atomic mass is 32.1. The third kappa shape index (κ3) is 4.32. The number of rotatable bonds is 7. The third-order valence-electron chi connectivity index (χ3n) is 3.10. The lowest BCUT2D eigenvalue weighted by Gasteiger charge is -2.18. The largest absolute Gasteiger partial charge is 0.369 e. The Labute approximate surface area is 124 Å². The molecule has 0 unspecified atom stereocenters. The fourth-order valence-corrected chi connectivity index (χ4v) is 3.05. The van der Waals surface area contributed by atoms with Gasteiger partial charge < -0.3 is 10.2 Å². The lowest BCUT2D eigenvalue weighted by molar-refractivity contribution is 0.627. The highest BCUT2D eigenvalue weighted by Crippen LogP contribution is 2.21. The molecule has 0 radical (unpaired) electrons. The second kappa shape index (κ2) is 7.41. The molecule has 108 valence electrons. The zero-order chi connectivity index (χ0) is 14.4. The van der Waals surface area contributed by atoms with Crippen LogP contribution in [0.15, 0.2) is 36.4 Å². The lowest BCUT2D eigenvalue weighted by Crippen LogP contribution is -2.15. The van der Waals surface area contributed by atoms with E-state index < -0.39 is 0 Å². The van der Waals surface area contributed by atoms with Crippen LogP contribution in [0.2, 0.25) is 0 Å². The van der Waals surface area contributed by atoms with Gasteiger partial charge in [-0.1, -0.05) is 6.92 Å². The number of hydrogen-bond donors (Lipinski definition) is 1. The van der Waals surface area contributed by atoms with Gasteiger partial charge in [0.2, 0.25) is 0 Å². The Morgan fingerprint density at radius 2 is 1.80 bits per heavy atom. The third-order valence-corrected chi connectivity index (χ3v) is 4.17. The normalized spacial score (nSPS) is 10.8. The summed E-state index contributed by atoms with van der Waals surface area (Å²) in [5, 5.41) is 3.41. The van der Waals surface area contributed by atoms with E-state index in [4.69, 9.17) is 0 Å². The van der Waals surface area contributed by atoms with Crippen LogP contribution in [0.4, 0.5) is 10.1 Å². The molecule has 1 aromatic carbocycles. The van der Waals surface area contributed by atoms with Gasteiger partial charge >= 0.3 is 0 Å². The van der Waals surface area contributed by atoms with E-state index in [9.17, 15) is 4.39 Å². The second-order valence-corrected chi connectivity index (χ2v) is 6.13. The maximum atomic E-state index is 12.9. The Bertz CT molecular complexity index is 522. The summed E-state index contributed by atoms with van der Waals surface area (Å²) < 4.78 is 12.9. The van der Waals surface area contributed by atoms with E-state index in [1.54, 1.807) is 0 Å². The van der Waals surface area contributed by atoms with Crippen molar-refractivity contribution in [1.82, 2.24) is 5.32 Å². The molecule has 2 nitrogen and oxygen atoms in total. The van der Waals surface area contributed by atoms with Crippen molar-refractivity contribution < 1.29 is 4.39 Å². The molecule has 0 aliphatic heterocycles. The molecule has 1 heterocycles. The van der Waals surface area contributed by atoms with Crippen LogP contribution in [0.3, 0.4) is 0 Å². The predicted octanol–water partition coefficient (Wildman–Crippen LogP) is 4.02. The van der Waals surface area contributed by atoms with Crippen molar-refractivity contribution in [3.05, 3.63) is 52.0 Å². The molecular formula is C16H21FN2S. The Kier molecular flexibility index (Phi) is 5.56. The van der Waals surface area contributed by atoms with Gasteiger partial charge in [-0.25, -0.2) is 4.39 Å². The Morgan fingerprint density at radius 1 is 1.10 bits per heavy atom. The highest BCUT2D eigenvalue weighted by molar-refractivity contribution is 7.12. The Balaban J connectivity index is 1.91. The minimum Gasteiger partial charge on any atom is -0.369 e. The number of halogens is 1. The van der Waals surface area contributed by atoms with Gasteiger partial charge in [0.25, 0.3) is 0 Å². The standard InChI is InChI=1S/C16H21FN2S/c1-3-10-18-11-15-8-9-16(20-15)12-19(2)14-6-4-13(17)5-7-14/h4-9,18H,3,10-12H2,1-2H3. The van der Waals surface area contributed by atoms with Gasteiger partial charge in [-0.05, 0) is 49.4 Å². The van der Waals surface area contributed by atoms with Gasteiger partial charge in [-0.15, -0.1) is 11.3 Å². The van der Waals surface area contributed by atoms with E-state index in [0.29, 0.717) is 0 Å². The zero-order valence-corrected chi connectivity index (χ0v) is 12.8. The zero-order valence-electron chi connectivity index (χ0n) is 12.0. The summed E-state index contributed by atoms with van der Waals surface area (Å²) in [6, 6.07) is 11.0. The van der Waals surface area contributed by atoms with Crippen LogP contribution >= 0.6 is 11.3 Å². The first-order valence-electron chi connectivity index (χ1n) is 6.94. The summed E-state index contributed by atoms with van der Waals surface area (Å²) in [7, 11) is 2.03. The SMILES string of the molecule is CCCNCc1ccc(CN(C)c2ccc(F)cc2)s1. The molecule has 0 atom stereocenters. The minimum absolute atomic E-state index is 0.192. The van der Waals surface area contributed by atoms with Crippen LogP contribution in [0.5, 0.6) is 0 Å². The molecule has 20 heavy (non-hydrogen) atoms. The molecule has 0 saturated carbocycles. The van der Waals surface area contributed by atoms with Gasteiger partial charge in [0.1, 0.15) is 5.82 Å². The molecule has 0 aliphatic rings. The molecule has 0 amide bonds. The maximum absolute atomic E-state index is 12.9. The fraction of sp³-hybridized carbons (Fsp3) is 0.375. The molecule has 1 aromatic heterocycles. The van der Waals surface area contributed by atoms with E-state index >= 15 is 0 Å². The van der Waals surface area contributed by atoms with Crippen molar-refractivity contribution in [1.29, 1.82) is 0 Å². The quantitative estimate of drug-likeness (QED) is 0.775. The summed E-state index contributed by atoms with van der Waals surface area (Å²) in [5.41, 5.74) is 1.03. The Hall–Kier alpha value is -1.39. The van der Waals surface area contributed by atoms with Crippen molar-refractivity contribution in [2.75, 3.05) is 18.5 Å². The molecule has 2 rings (SSSR count). The smallest absolute Gasteiger partial charge is 0.123 e. The molecule has 0 fully saturated rings. The van der Waals surface area contributed by atoms with E-state index in [-0.39, 0.29) is 5.82 Å². The molecule has 0 aliphatic carbocycles. The van der Waals surface area contributed by atoms with Gasteiger partial charge in [0, 0.05) is 29.0 Å².